The van der Waals surface area contributed by atoms with Crippen molar-refractivity contribution >= 4 is 77.0 Å². The highest BCUT2D eigenvalue weighted by Crippen LogP contribution is 2.31. The van der Waals surface area contributed by atoms with Gasteiger partial charge in [0.25, 0.3) is 0 Å². The second-order valence-corrected chi connectivity index (χ2v) is 7.05. The predicted molar refractivity (Wildman–Crippen MR) is 95.1 cm³/mol. The number of ether oxygens (including phenoxy) is 2. The molecule has 0 radical (unpaired) electrons. The molecule has 0 bridgehead atoms. The van der Waals surface area contributed by atoms with Gasteiger partial charge in [0.15, 0.2) is 0 Å². The molecule has 0 aliphatic heterocycles. The molecule has 6 heteroatoms. The summed E-state index contributed by atoms with van der Waals surface area (Å²) in [6, 6.07) is 4.05. The fourth-order valence-corrected chi connectivity index (χ4v) is 2.70. The number of alkyl halides is 2. The van der Waals surface area contributed by atoms with E-state index < -0.39 is 0 Å². The van der Waals surface area contributed by atoms with Crippen molar-refractivity contribution in [2.45, 2.75) is 6.42 Å². The average Bonchev–Trinajstić information content (AvgIpc) is 2.31. The van der Waals surface area contributed by atoms with Crippen molar-refractivity contribution in [3.05, 3.63) is 19.3 Å². The van der Waals surface area contributed by atoms with Gasteiger partial charge in [-0.15, -0.1) is 0 Å². The molecule has 0 atom stereocenters. The smallest absolute Gasteiger partial charge is 0.133 e. The Bertz CT molecular complexity index is 362. The maximum atomic E-state index is 5.71. The van der Waals surface area contributed by atoms with Crippen molar-refractivity contribution < 1.29 is 9.47 Å². The summed E-state index contributed by atoms with van der Waals surface area (Å²) in [7, 11) is 0. The Morgan fingerprint density at radius 2 is 1.41 bits per heavy atom. The Morgan fingerprint density at radius 3 is 1.88 bits per heavy atom. The summed E-state index contributed by atoms with van der Waals surface area (Å²) in [6.07, 6.45) is 1.01. The summed E-state index contributed by atoms with van der Waals surface area (Å²) in [5.41, 5.74) is 0. The zero-order valence-corrected chi connectivity index (χ0v) is 16.5. The van der Waals surface area contributed by atoms with E-state index in [-0.39, 0.29) is 0 Å². The normalized spacial score (nSPS) is 10.4. The minimum absolute atomic E-state index is 0.676. The second kappa shape index (κ2) is 9.19. The Labute approximate surface area is 146 Å². The quantitative estimate of drug-likeness (QED) is 0.258. The third kappa shape index (κ3) is 5.82. The second-order valence-electron chi connectivity index (χ2n) is 3.14. The molecule has 0 aliphatic rings. The standard InChI is InChI=1S/C11H12Br2I2O2/c12-2-1-4-16-10-6-9(15)11(7-8(10)14)17-5-3-13/h6-7H,1-5H2. The van der Waals surface area contributed by atoms with Gasteiger partial charge in [0.2, 0.25) is 0 Å². The van der Waals surface area contributed by atoms with Crippen molar-refractivity contribution in [1.29, 1.82) is 0 Å². The van der Waals surface area contributed by atoms with Gasteiger partial charge in [0.05, 0.1) is 20.4 Å². The molecule has 0 N–H and O–H groups in total. The van der Waals surface area contributed by atoms with E-state index >= 15 is 0 Å². The van der Waals surface area contributed by atoms with Crippen LogP contribution in [0.25, 0.3) is 0 Å². The Balaban J connectivity index is 2.71. The van der Waals surface area contributed by atoms with Crippen LogP contribution in [0.5, 0.6) is 11.5 Å². The van der Waals surface area contributed by atoms with Crippen LogP contribution in [-0.4, -0.2) is 23.9 Å². The van der Waals surface area contributed by atoms with Gasteiger partial charge in [-0.2, -0.15) is 0 Å². The molecule has 0 spiro atoms. The van der Waals surface area contributed by atoms with E-state index in [0.29, 0.717) is 6.61 Å². The summed E-state index contributed by atoms with van der Waals surface area (Å²) in [6.45, 7) is 1.41. The average molecular weight is 590 g/mol. The fourth-order valence-electron chi connectivity index (χ4n) is 1.12. The lowest BCUT2D eigenvalue weighted by Crippen LogP contribution is -2.03. The van der Waals surface area contributed by atoms with E-state index in [1.807, 2.05) is 12.1 Å². The van der Waals surface area contributed by atoms with Crippen molar-refractivity contribution in [1.82, 2.24) is 0 Å². The van der Waals surface area contributed by atoms with E-state index in [4.69, 9.17) is 9.47 Å². The fraction of sp³-hybridized carbons (Fsp3) is 0.455. The molecule has 0 aromatic heterocycles. The van der Waals surface area contributed by atoms with Crippen molar-refractivity contribution in [3.8, 4) is 11.5 Å². The highest BCUT2D eigenvalue weighted by atomic mass is 127. The maximum Gasteiger partial charge on any atom is 0.133 e. The number of hydrogen-bond donors (Lipinski definition) is 0. The molecule has 1 aromatic rings. The molecule has 0 unspecified atom stereocenters. The zero-order chi connectivity index (χ0) is 12.7. The van der Waals surface area contributed by atoms with Gasteiger partial charge >= 0.3 is 0 Å². The van der Waals surface area contributed by atoms with Crippen LogP contribution in [0.3, 0.4) is 0 Å². The molecule has 1 rings (SSSR count). The van der Waals surface area contributed by atoms with Crippen molar-refractivity contribution in [2.75, 3.05) is 23.9 Å². The van der Waals surface area contributed by atoms with Gasteiger partial charge in [-0.25, -0.2) is 0 Å². The molecule has 0 saturated heterocycles. The summed E-state index contributed by atoms with van der Waals surface area (Å²) >= 11 is 11.3. The molecule has 0 saturated carbocycles. The molecular formula is C11H12Br2I2O2. The molecule has 0 amide bonds. The third-order valence-electron chi connectivity index (χ3n) is 1.86. The molecule has 96 valence electrons. The van der Waals surface area contributed by atoms with E-state index in [2.05, 4.69) is 77.0 Å². The van der Waals surface area contributed by atoms with Crippen LogP contribution in [0.4, 0.5) is 0 Å². The topological polar surface area (TPSA) is 18.5 Å². The summed E-state index contributed by atoms with van der Waals surface area (Å²) in [5.74, 6) is 1.85. The van der Waals surface area contributed by atoms with Crippen LogP contribution < -0.4 is 9.47 Å². The van der Waals surface area contributed by atoms with Crippen LogP contribution in [0.15, 0.2) is 12.1 Å². The van der Waals surface area contributed by atoms with E-state index in [0.717, 1.165) is 42.3 Å². The molecule has 2 nitrogen and oxygen atoms in total. The molecule has 0 heterocycles. The SMILES string of the molecule is BrCCCOc1cc(I)c(OCCBr)cc1I. The Morgan fingerprint density at radius 1 is 0.882 bits per heavy atom. The molecule has 0 fully saturated rings. The first-order chi connectivity index (χ1) is 8.19. The van der Waals surface area contributed by atoms with Gasteiger partial charge in [-0.1, -0.05) is 31.9 Å². The first kappa shape index (κ1) is 16.3. The third-order valence-corrected chi connectivity index (χ3v) is 4.43. The highest BCUT2D eigenvalue weighted by molar-refractivity contribution is 14.1. The lowest BCUT2D eigenvalue weighted by Gasteiger charge is -2.12. The van der Waals surface area contributed by atoms with Crippen molar-refractivity contribution in [3.63, 3.8) is 0 Å². The minimum atomic E-state index is 0.676. The van der Waals surface area contributed by atoms with Crippen LogP contribution >= 0.6 is 77.0 Å². The highest BCUT2D eigenvalue weighted by Gasteiger charge is 2.08. The lowest BCUT2D eigenvalue weighted by molar-refractivity contribution is 0.313. The Hall–Kier alpha value is 1.24. The summed E-state index contributed by atoms with van der Waals surface area (Å²) in [5, 5.41) is 1.80. The number of rotatable bonds is 7. The molecule has 1 aromatic carbocycles. The van der Waals surface area contributed by atoms with Gasteiger partial charge in [-0.05, 0) is 63.7 Å². The van der Waals surface area contributed by atoms with Crippen molar-refractivity contribution in [2.24, 2.45) is 0 Å². The number of hydrogen-bond acceptors (Lipinski definition) is 2. The van der Waals surface area contributed by atoms with Gasteiger partial charge in [0.1, 0.15) is 11.5 Å². The number of halogens is 4. The first-order valence-corrected chi connectivity index (χ1v) is 9.45. The zero-order valence-electron chi connectivity index (χ0n) is 9.02. The van der Waals surface area contributed by atoms with Crippen LogP contribution in [0.2, 0.25) is 0 Å². The molecule has 0 aliphatic carbocycles. The van der Waals surface area contributed by atoms with Crippen LogP contribution in [0, 0.1) is 7.14 Å². The number of benzene rings is 1. The predicted octanol–water partition coefficient (Wildman–Crippen LogP) is 4.83. The van der Waals surface area contributed by atoms with Crippen LogP contribution in [-0.2, 0) is 0 Å². The first-order valence-electron chi connectivity index (χ1n) is 5.05. The Kier molecular flexibility index (Phi) is 8.81. The summed E-state index contributed by atoms with van der Waals surface area (Å²) in [4.78, 5) is 0. The maximum absolute atomic E-state index is 5.71. The lowest BCUT2D eigenvalue weighted by atomic mass is 10.3. The summed E-state index contributed by atoms with van der Waals surface area (Å²) < 4.78 is 13.5. The van der Waals surface area contributed by atoms with E-state index in [1.165, 1.54) is 0 Å². The molecule has 17 heavy (non-hydrogen) atoms. The van der Waals surface area contributed by atoms with E-state index in [1.54, 1.807) is 0 Å². The molecular weight excluding hydrogens is 578 g/mol. The van der Waals surface area contributed by atoms with Gasteiger partial charge in [-0.3, -0.25) is 0 Å². The van der Waals surface area contributed by atoms with Gasteiger partial charge in [0, 0.05) is 10.7 Å². The monoisotopic (exact) mass is 588 g/mol. The van der Waals surface area contributed by atoms with Crippen LogP contribution in [0.1, 0.15) is 6.42 Å². The van der Waals surface area contributed by atoms with E-state index in [9.17, 15) is 0 Å². The largest absolute Gasteiger partial charge is 0.492 e. The van der Waals surface area contributed by atoms with Gasteiger partial charge < -0.3 is 9.47 Å². The minimum Gasteiger partial charge on any atom is -0.492 e.